The lowest BCUT2D eigenvalue weighted by atomic mass is 10.1. The van der Waals surface area contributed by atoms with Gasteiger partial charge < -0.3 is 5.32 Å². The second-order valence-electron chi connectivity index (χ2n) is 3.83. The van der Waals surface area contributed by atoms with Gasteiger partial charge >= 0.3 is 0 Å². The van der Waals surface area contributed by atoms with Gasteiger partial charge in [0.25, 0.3) is 0 Å². The second kappa shape index (κ2) is 9.01. The SMILES string of the molecule is CC/C=C\C/C=C(\C)CC(C)NCC. The molecule has 0 rings (SSSR count). The first-order valence-electron chi connectivity index (χ1n) is 5.74. The van der Waals surface area contributed by atoms with Crippen molar-refractivity contribution in [1.29, 1.82) is 0 Å². The topological polar surface area (TPSA) is 12.0 Å². The molecular weight excluding hydrogens is 170 g/mol. The third-order valence-corrected chi connectivity index (χ3v) is 2.19. The van der Waals surface area contributed by atoms with E-state index in [0.29, 0.717) is 6.04 Å². The van der Waals surface area contributed by atoms with Crippen molar-refractivity contribution < 1.29 is 0 Å². The maximum Gasteiger partial charge on any atom is 0.00756 e. The molecule has 14 heavy (non-hydrogen) atoms. The molecule has 0 radical (unpaired) electrons. The minimum Gasteiger partial charge on any atom is -0.314 e. The molecule has 1 atom stereocenters. The molecule has 0 amide bonds. The second-order valence-corrected chi connectivity index (χ2v) is 3.83. The first kappa shape index (κ1) is 13.4. The van der Waals surface area contributed by atoms with Crippen molar-refractivity contribution in [3.63, 3.8) is 0 Å². The van der Waals surface area contributed by atoms with Crippen molar-refractivity contribution in [2.75, 3.05) is 6.54 Å². The van der Waals surface area contributed by atoms with Gasteiger partial charge in [-0.15, -0.1) is 0 Å². The molecule has 0 aliphatic heterocycles. The van der Waals surface area contributed by atoms with Gasteiger partial charge in [-0.3, -0.25) is 0 Å². The van der Waals surface area contributed by atoms with Crippen molar-refractivity contribution in [2.45, 2.75) is 53.0 Å². The average Bonchev–Trinajstić information content (AvgIpc) is 2.13. The van der Waals surface area contributed by atoms with E-state index in [1.807, 2.05) is 0 Å². The molecule has 0 aromatic heterocycles. The van der Waals surface area contributed by atoms with Crippen LogP contribution in [0.25, 0.3) is 0 Å². The van der Waals surface area contributed by atoms with Gasteiger partial charge in [0.2, 0.25) is 0 Å². The molecule has 0 fully saturated rings. The Balaban J connectivity index is 3.70. The molecular formula is C13H25N. The predicted octanol–water partition coefficient (Wildman–Crippen LogP) is 3.68. The molecule has 0 aliphatic carbocycles. The fourth-order valence-corrected chi connectivity index (χ4v) is 1.52. The van der Waals surface area contributed by atoms with E-state index in [0.717, 1.165) is 25.8 Å². The number of allylic oxidation sites excluding steroid dienone is 3. The van der Waals surface area contributed by atoms with Crippen LogP contribution in [0.2, 0.25) is 0 Å². The van der Waals surface area contributed by atoms with Gasteiger partial charge in [-0.2, -0.15) is 0 Å². The Morgan fingerprint density at radius 2 is 2.00 bits per heavy atom. The van der Waals surface area contributed by atoms with E-state index < -0.39 is 0 Å². The number of nitrogens with one attached hydrogen (secondary N) is 1. The Morgan fingerprint density at radius 3 is 2.57 bits per heavy atom. The molecule has 1 unspecified atom stereocenters. The summed E-state index contributed by atoms with van der Waals surface area (Å²) >= 11 is 0. The quantitative estimate of drug-likeness (QED) is 0.611. The van der Waals surface area contributed by atoms with Crippen LogP contribution in [0, 0.1) is 0 Å². The van der Waals surface area contributed by atoms with Gasteiger partial charge in [0.15, 0.2) is 0 Å². The highest BCUT2D eigenvalue weighted by atomic mass is 14.9. The molecule has 0 heterocycles. The molecule has 1 N–H and O–H groups in total. The molecule has 1 heteroatoms. The van der Waals surface area contributed by atoms with E-state index in [1.165, 1.54) is 5.57 Å². The summed E-state index contributed by atoms with van der Waals surface area (Å²) in [7, 11) is 0. The third-order valence-electron chi connectivity index (χ3n) is 2.19. The van der Waals surface area contributed by atoms with Crippen LogP contribution in [0.15, 0.2) is 23.8 Å². The van der Waals surface area contributed by atoms with Crippen molar-refractivity contribution in [2.24, 2.45) is 0 Å². The van der Waals surface area contributed by atoms with Crippen LogP contribution < -0.4 is 5.32 Å². The van der Waals surface area contributed by atoms with Gasteiger partial charge in [-0.25, -0.2) is 0 Å². The largest absolute Gasteiger partial charge is 0.314 e. The summed E-state index contributed by atoms with van der Waals surface area (Å²) in [4.78, 5) is 0. The highest BCUT2D eigenvalue weighted by molar-refractivity contribution is 5.03. The van der Waals surface area contributed by atoms with Crippen molar-refractivity contribution in [3.05, 3.63) is 23.8 Å². The normalized spacial score (nSPS) is 15.0. The average molecular weight is 195 g/mol. The minimum absolute atomic E-state index is 0.603. The molecule has 0 saturated heterocycles. The van der Waals surface area contributed by atoms with E-state index in [1.54, 1.807) is 0 Å². The van der Waals surface area contributed by atoms with E-state index in [4.69, 9.17) is 0 Å². The number of hydrogen-bond donors (Lipinski definition) is 1. The fraction of sp³-hybridized carbons (Fsp3) is 0.692. The molecule has 1 nitrogen and oxygen atoms in total. The molecule has 0 aromatic carbocycles. The van der Waals surface area contributed by atoms with Crippen LogP contribution in [0.1, 0.15) is 47.0 Å². The highest BCUT2D eigenvalue weighted by Crippen LogP contribution is 2.05. The van der Waals surface area contributed by atoms with Crippen molar-refractivity contribution in [3.8, 4) is 0 Å². The lowest BCUT2D eigenvalue weighted by molar-refractivity contribution is 0.562. The zero-order chi connectivity index (χ0) is 10.8. The van der Waals surface area contributed by atoms with Crippen LogP contribution >= 0.6 is 0 Å². The Kier molecular flexibility index (Phi) is 8.65. The van der Waals surface area contributed by atoms with Gasteiger partial charge in [0.05, 0.1) is 0 Å². The predicted molar refractivity (Wildman–Crippen MR) is 65.6 cm³/mol. The van der Waals surface area contributed by atoms with E-state index in [-0.39, 0.29) is 0 Å². The summed E-state index contributed by atoms with van der Waals surface area (Å²) in [5.74, 6) is 0. The first-order valence-corrected chi connectivity index (χ1v) is 5.74. The van der Waals surface area contributed by atoms with E-state index in [2.05, 4.69) is 51.2 Å². The molecule has 0 saturated carbocycles. The summed E-state index contributed by atoms with van der Waals surface area (Å²) in [6.07, 6.45) is 10.2. The summed E-state index contributed by atoms with van der Waals surface area (Å²) in [6, 6.07) is 0.603. The van der Waals surface area contributed by atoms with Gasteiger partial charge in [-0.1, -0.05) is 37.6 Å². The Hall–Kier alpha value is -0.560. The Labute approximate surface area is 89.3 Å². The van der Waals surface area contributed by atoms with Crippen molar-refractivity contribution >= 4 is 0 Å². The van der Waals surface area contributed by atoms with Crippen LogP contribution in [0.5, 0.6) is 0 Å². The molecule has 0 bridgehead atoms. The Bertz CT molecular complexity index is 180. The summed E-state index contributed by atoms with van der Waals surface area (Å²) in [5, 5.41) is 3.42. The van der Waals surface area contributed by atoms with Crippen LogP contribution in [-0.2, 0) is 0 Å². The smallest absolute Gasteiger partial charge is 0.00756 e. The molecule has 0 spiro atoms. The first-order chi connectivity index (χ1) is 6.70. The van der Waals surface area contributed by atoms with Crippen LogP contribution in [-0.4, -0.2) is 12.6 Å². The molecule has 0 aliphatic rings. The maximum absolute atomic E-state index is 3.42. The summed E-state index contributed by atoms with van der Waals surface area (Å²) < 4.78 is 0. The fourth-order valence-electron chi connectivity index (χ4n) is 1.52. The zero-order valence-electron chi connectivity index (χ0n) is 10.1. The number of hydrogen-bond acceptors (Lipinski definition) is 1. The van der Waals surface area contributed by atoms with Gasteiger partial charge in [0.1, 0.15) is 0 Å². The highest BCUT2D eigenvalue weighted by Gasteiger charge is 1.99. The van der Waals surface area contributed by atoms with Gasteiger partial charge in [-0.05, 0) is 39.7 Å². The summed E-state index contributed by atoms with van der Waals surface area (Å²) in [5.41, 5.74) is 1.49. The zero-order valence-corrected chi connectivity index (χ0v) is 10.1. The third kappa shape index (κ3) is 8.06. The van der Waals surface area contributed by atoms with Gasteiger partial charge in [0, 0.05) is 6.04 Å². The van der Waals surface area contributed by atoms with Crippen molar-refractivity contribution in [1.82, 2.24) is 5.32 Å². The Morgan fingerprint density at radius 1 is 1.29 bits per heavy atom. The molecule has 0 aromatic rings. The lowest BCUT2D eigenvalue weighted by Gasteiger charge is -2.11. The monoisotopic (exact) mass is 195 g/mol. The number of rotatable bonds is 7. The minimum atomic E-state index is 0.603. The van der Waals surface area contributed by atoms with E-state index >= 15 is 0 Å². The lowest BCUT2D eigenvalue weighted by Crippen LogP contribution is -2.25. The standard InChI is InChI=1S/C13H25N/c1-5-7-8-9-10-12(3)11-13(4)14-6-2/h7-8,10,13-14H,5-6,9,11H2,1-4H3/b8-7-,12-10+. The van der Waals surface area contributed by atoms with Crippen LogP contribution in [0.3, 0.4) is 0 Å². The molecule has 82 valence electrons. The van der Waals surface area contributed by atoms with E-state index in [9.17, 15) is 0 Å². The maximum atomic E-state index is 3.42. The summed E-state index contributed by atoms with van der Waals surface area (Å²) in [6.45, 7) is 9.83. The van der Waals surface area contributed by atoms with Crippen LogP contribution in [0.4, 0.5) is 0 Å².